The average molecular weight is 420 g/mol. The van der Waals surface area contributed by atoms with Crippen molar-refractivity contribution >= 4 is 42.1 Å². The fourth-order valence-electron chi connectivity index (χ4n) is 4.07. The van der Waals surface area contributed by atoms with Gasteiger partial charge in [-0.25, -0.2) is 15.0 Å². The van der Waals surface area contributed by atoms with E-state index in [4.69, 9.17) is 27.1 Å². The highest BCUT2D eigenvalue weighted by molar-refractivity contribution is 7.59. The molecule has 3 N–H and O–H groups in total. The molecule has 2 saturated heterocycles. The first-order valence-electron chi connectivity index (χ1n) is 9.07. The second-order valence-corrected chi connectivity index (χ2v) is 7.67. The molecular formula is C18H22ClN7OS. The zero-order valence-corrected chi connectivity index (χ0v) is 17.0. The van der Waals surface area contributed by atoms with E-state index >= 15 is 0 Å². The summed E-state index contributed by atoms with van der Waals surface area (Å²) in [6.45, 7) is 3.21. The number of nitrogens with one attached hydrogen (secondary N) is 1. The Bertz CT molecular complexity index is 989. The fraction of sp³-hybridized carbons (Fsp3) is 0.444. The normalized spacial score (nSPS) is 21.2. The van der Waals surface area contributed by atoms with Crippen molar-refractivity contribution in [2.45, 2.75) is 18.9 Å². The van der Waals surface area contributed by atoms with Crippen LogP contribution >= 0.6 is 25.1 Å². The van der Waals surface area contributed by atoms with E-state index in [-0.39, 0.29) is 25.0 Å². The van der Waals surface area contributed by atoms with Gasteiger partial charge >= 0.3 is 0 Å². The Morgan fingerprint density at radius 2 is 2.11 bits per heavy atom. The molecule has 2 fully saturated rings. The summed E-state index contributed by atoms with van der Waals surface area (Å²) in [5.41, 5.74) is 9.14. The molecule has 5 rings (SSSR count). The van der Waals surface area contributed by atoms with Crippen LogP contribution in [0, 0.1) is 5.41 Å². The minimum absolute atomic E-state index is 0. The monoisotopic (exact) mass is 419 g/mol. The molecule has 0 aromatic carbocycles. The maximum absolute atomic E-state index is 6.27. The summed E-state index contributed by atoms with van der Waals surface area (Å²) in [6.07, 6.45) is 5.46. The van der Waals surface area contributed by atoms with E-state index in [1.54, 1.807) is 12.4 Å². The van der Waals surface area contributed by atoms with Crippen LogP contribution in [0.1, 0.15) is 12.8 Å². The van der Waals surface area contributed by atoms with Crippen LogP contribution in [0.5, 0.6) is 0 Å². The number of pyridine rings is 1. The number of H-pyrrole nitrogens is 1. The van der Waals surface area contributed by atoms with Gasteiger partial charge in [-0.15, -0.1) is 0 Å². The molecule has 148 valence electrons. The van der Waals surface area contributed by atoms with E-state index in [0.29, 0.717) is 22.9 Å². The van der Waals surface area contributed by atoms with Crippen molar-refractivity contribution in [2.24, 2.45) is 11.1 Å². The zero-order valence-electron chi connectivity index (χ0n) is 15.2. The lowest BCUT2D eigenvalue weighted by Crippen LogP contribution is -2.49. The van der Waals surface area contributed by atoms with Gasteiger partial charge in [0.2, 0.25) is 5.65 Å². The lowest BCUT2D eigenvalue weighted by molar-refractivity contribution is 0.131. The number of piperidine rings is 1. The number of halogens is 1. The van der Waals surface area contributed by atoms with Gasteiger partial charge in [0.1, 0.15) is 16.5 Å². The van der Waals surface area contributed by atoms with Crippen molar-refractivity contribution < 1.29 is 4.74 Å². The standard InChI is InChI=1S/C18H20ClN7O.H2S/c19-16-11(2-1-5-21-16)14-15-17(25-24-14)23-13(8-22-15)26-6-3-18(4-7-26)10-27-9-12(18)20;/h1-2,5,8,12H,3-4,6-7,9-10,20H2,(H,23,24,25);1H2/t12-;/m1./s1. The van der Waals surface area contributed by atoms with Crippen LogP contribution in [0.2, 0.25) is 5.15 Å². The average Bonchev–Trinajstić information content (AvgIpc) is 3.26. The lowest BCUT2D eigenvalue weighted by atomic mass is 9.75. The Morgan fingerprint density at radius 3 is 2.82 bits per heavy atom. The van der Waals surface area contributed by atoms with E-state index in [9.17, 15) is 0 Å². The maximum atomic E-state index is 6.27. The Morgan fingerprint density at radius 1 is 1.29 bits per heavy atom. The molecule has 28 heavy (non-hydrogen) atoms. The number of nitrogens with zero attached hydrogens (tertiary/aromatic N) is 5. The van der Waals surface area contributed by atoms with Gasteiger partial charge < -0.3 is 15.4 Å². The number of aromatic amines is 1. The number of fused-ring (bicyclic) bond motifs is 1. The molecule has 0 aliphatic carbocycles. The van der Waals surface area contributed by atoms with Crippen LogP contribution in [0.15, 0.2) is 24.5 Å². The first kappa shape index (κ1) is 19.4. The number of hydrogen-bond donors (Lipinski definition) is 2. The summed E-state index contributed by atoms with van der Waals surface area (Å²) < 4.78 is 5.60. The van der Waals surface area contributed by atoms with Crippen LogP contribution in [-0.4, -0.2) is 57.5 Å². The third-order valence-corrected chi connectivity index (χ3v) is 6.14. The van der Waals surface area contributed by atoms with Crippen molar-refractivity contribution in [2.75, 3.05) is 31.2 Å². The van der Waals surface area contributed by atoms with E-state index < -0.39 is 0 Å². The highest BCUT2D eigenvalue weighted by Crippen LogP contribution is 2.39. The molecule has 2 aliphatic rings. The van der Waals surface area contributed by atoms with Gasteiger partial charge in [-0.05, 0) is 25.0 Å². The van der Waals surface area contributed by atoms with Crippen LogP contribution in [0.25, 0.3) is 22.4 Å². The largest absolute Gasteiger partial charge is 0.379 e. The molecule has 3 aromatic heterocycles. The number of hydrogen-bond acceptors (Lipinski definition) is 7. The fourth-order valence-corrected chi connectivity index (χ4v) is 4.28. The van der Waals surface area contributed by atoms with Gasteiger partial charge in [0.25, 0.3) is 0 Å². The first-order valence-corrected chi connectivity index (χ1v) is 9.44. The summed E-state index contributed by atoms with van der Waals surface area (Å²) in [5.74, 6) is 0.833. The molecule has 10 heteroatoms. The third-order valence-electron chi connectivity index (χ3n) is 5.84. The second-order valence-electron chi connectivity index (χ2n) is 7.31. The molecule has 2 aliphatic heterocycles. The highest BCUT2D eigenvalue weighted by Gasteiger charge is 2.44. The molecule has 0 bridgehead atoms. The Kier molecular flexibility index (Phi) is 5.17. The summed E-state index contributed by atoms with van der Waals surface area (Å²) in [7, 11) is 0. The number of rotatable bonds is 2. The second kappa shape index (κ2) is 7.47. The Hall–Kier alpha value is -1.94. The van der Waals surface area contributed by atoms with Crippen LogP contribution < -0.4 is 10.6 Å². The molecule has 0 saturated carbocycles. The summed E-state index contributed by atoms with van der Waals surface area (Å²) in [4.78, 5) is 15.7. The number of nitrogens with two attached hydrogens (primary N) is 1. The maximum Gasteiger partial charge on any atom is 0.202 e. The molecule has 0 amide bonds. The van der Waals surface area contributed by atoms with Gasteiger partial charge in [-0.1, -0.05) is 11.6 Å². The molecule has 3 aromatic rings. The van der Waals surface area contributed by atoms with E-state index in [0.717, 1.165) is 49.6 Å². The summed E-state index contributed by atoms with van der Waals surface area (Å²) in [6, 6.07) is 3.84. The summed E-state index contributed by atoms with van der Waals surface area (Å²) in [5, 5.41) is 7.73. The molecule has 5 heterocycles. The van der Waals surface area contributed by atoms with E-state index in [2.05, 4.69) is 25.1 Å². The van der Waals surface area contributed by atoms with Gasteiger partial charge in [-0.3, -0.25) is 5.10 Å². The van der Waals surface area contributed by atoms with E-state index in [1.807, 2.05) is 12.1 Å². The van der Waals surface area contributed by atoms with Crippen LogP contribution in [0.4, 0.5) is 5.82 Å². The third kappa shape index (κ3) is 3.12. The Balaban J connectivity index is 0.00000192. The van der Waals surface area contributed by atoms with Gasteiger partial charge in [0.05, 0.1) is 25.1 Å². The predicted molar refractivity (Wildman–Crippen MR) is 113 cm³/mol. The minimum Gasteiger partial charge on any atom is -0.379 e. The van der Waals surface area contributed by atoms with Crippen molar-refractivity contribution in [1.82, 2.24) is 25.1 Å². The van der Waals surface area contributed by atoms with Gasteiger partial charge in [0.15, 0.2) is 0 Å². The van der Waals surface area contributed by atoms with Crippen LogP contribution in [-0.2, 0) is 4.74 Å². The van der Waals surface area contributed by atoms with Crippen LogP contribution in [0.3, 0.4) is 0 Å². The van der Waals surface area contributed by atoms with Crippen molar-refractivity contribution in [1.29, 1.82) is 0 Å². The minimum atomic E-state index is 0. The molecule has 0 unspecified atom stereocenters. The van der Waals surface area contributed by atoms with Crippen molar-refractivity contribution in [3.63, 3.8) is 0 Å². The lowest BCUT2D eigenvalue weighted by Gasteiger charge is -2.41. The zero-order chi connectivity index (χ0) is 18.4. The molecule has 1 atom stereocenters. The molecular weight excluding hydrogens is 398 g/mol. The van der Waals surface area contributed by atoms with Gasteiger partial charge in [-0.2, -0.15) is 18.6 Å². The van der Waals surface area contributed by atoms with Gasteiger partial charge in [0, 0.05) is 36.3 Å². The predicted octanol–water partition coefficient (Wildman–Crippen LogP) is 2.13. The smallest absolute Gasteiger partial charge is 0.202 e. The SMILES string of the molecule is N[C@@H]1COCC12CCN(c1cnc3c(-c4cccnc4Cl)[nH]nc3n1)CC2.S. The highest BCUT2D eigenvalue weighted by atomic mass is 35.5. The number of anilines is 1. The topological polar surface area (TPSA) is 106 Å². The quantitative estimate of drug-likeness (QED) is 0.613. The summed E-state index contributed by atoms with van der Waals surface area (Å²) >= 11 is 6.20. The molecule has 1 spiro atoms. The number of aromatic nitrogens is 5. The molecule has 0 radical (unpaired) electrons. The van der Waals surface area contributed by atoms with Crippen molar-refractivity contribution in [3.05, 3.63) is 29.7 Å². The Labute approximate surface area is 174 Å². The van der Waals surface area contributed by atoms with Crippen molar-refractivity contribution in [3.8, 4) is 11.3 Å². The number of ether oxygens (including phenoxy) is 1. The first-order chi connectivity index (χ1) is 13.2. The van der Waals surface area contributed by atoms with E-state index in [1.165, 1.54) is 0 Å². The molecule has 8 nitrogen and oxygen atoms in total.